The van der Waals surface area contributed by atoms with Crippen LogP contribution in [-0.2, 0) is 9.59 Å². The van der Waals surface area contributed by atoms with Gasteiger partial charge in [0.15, 0.2) is 0 Å². The molecule has 0 aromatic rings. The number of nitrogens with zero attached hydrogens (tertiary/aromatic N) is 1. The lowest BCUT2D eigenvalue weighted by atomic mass is 10.0. The molecule has 4 heteroatoms. The summed E-state index contributed by atoms with van der Waals surface area (Å²) in [6.45, 7) is 7.78. The van der Waals surface area contributed by atoms with Crippen molar-refractivity contribution in [1.29, 1.82) is 0 Å². The normalized spacial score (nSPS) is 18.6. The van der Waals surface area contributed by atoms with Gasteiger partial charge in [0.1, 0.15) is 0 Å². The van der Waals surface area contributed by atoms with Crippen molar-refractivity contribution in [2.24, 2.45) is 5.92 Å². The molecule has 0 bridgehead atoms. The summed E-state index contributed by atoms with van der Waals surface area (Å²) in [7, 11) is 0. The molecule has 1 atom stereocenters. The summed E-state index contributed by atoms with van der Waals surface area (Å²) in [6.07, 6.45) is 1.83. The van der Waals surface area contributed by atoms with Crippen LogP contribution in [0.15, 0.2) is 0 Å². The van der Waals surface area contributed by atoms with Gasteiger partial charge in [-0.05, 0) is 18.9 Å². The fourth-order valence-electron chi connectivity index (χ4n) is 1.86. The van der Waals surface area contributed by atoms with Gasteiger partial charge < -0.3 is 5.32 Å². The third kappa shape index (κ3) is 3.30. The zero-order valence-electron chi connectivity index (χ0n) is 10.5. The van der Waals surface area contributed by atoms with E-state index in [1.54, 1.807) is 0 Å². The van der Waals surface area contributed by atoms with Crippen molar-refractivity contribution in [3.63, 3.8) is 0 Å². The highest BCUT2D eigenvalue weighted by molar-refractivity contribution is 6.01. The third-order valence-electron chi connectivity index (χ3n) is 3.00. The van der Waals surface area contributed by atoms with Crippen molar-refractivity contribution in [2.75, 3.05) is 13.1 Å². The first kappa shape index (κ1) is 13.2. The molecule has 0 spiro atoms. The lowest BCUT2D eigenvalue weighted by molar-refractivity contribution is -0.138. The molecule has 92 valence electrons. The van der Waals surface area contributed by atoms with Crippen molar-refractivity contribution in [3.05, 3.63) is 0 Å². The number of carbonyl (C=O) groups excluding carboxylic acids is 2. The van der Waals surface area contributed by atoms with Gasteiger partial charge in [0.25, 0.3) is 0 Å². The smallest absolute Gasteiger partial charge is 0.229 e. The molecule has 2 amide bonds. The summed E-state index contributed by atoms with van der Waals surface area (Å²) in [5, 5.41) is 3.39. The number of likely N-dealkylation sites (tertiary alicyclic amines) is 1. The van der Waals surface area contributed by atoms with Gasteiger partial charge in [-0.3, -0.25) is 14.5 Å². The summed E-state index contributed by atoms with van der Waals surface area (Å²) in [5.41, 5.74) is 0. The van der Waals surface area contributed by atoms with E-state index in [4.69, 9.17) is 0 Å². The van der Waals surface area contributed by atoms with Gasteiger partial charge in [0.2, 0.25) is 11.8 Å². The molecule has 0 aliphatic carbocycles. The van der Waals surface area contributed by atoms with E-state index in [9.17, 15) is 9.59 Å². The van der Waals surface area contributed by atoms with E-state index in [-0.39, 0.29) is 17.9 Å². The maximum Gasteiger partial charge on any atom is 0.229 e. The lowest BCUT2D eigenvalue weighted by Gasteiger charge is -2.26. The maximum atomic E-state index is 11.5. The fraction of sp³-hybridized carbons (Fsp3) is 0.833. The standard InChI is InChI=1S/C12H22N2O2/c1-4-7-13-10(9(2)3)8-14-11(15)5-6-12(14)16/h9-10,13H,4-8H2,1-3H3. The summed E-state index contributed by atoms with van der Waals surface area (Å²) >= 11 is 0. The topological polar surface area (TPSA) is 49.4 Å². The largest absolute Gasteiger partial charge is 0.312 e. The minimum atomic E-state index is -0.0195. The van der Waals surface area contributed by atoms with Gasteiger partial charge in [-0.1, -0.05) is 20.8 Å². The zero-order valence-corrected chi connectivity index (χ0v) is 10.5. The van der Waals surface area contributed by atoms with Crippen molar-refractivity contribution in [2.45, 2.75) is 46.1 Å². The molecule has 1 heterocycles. The third-order valence-corrected chi connectivity index (χ3v) is 3.00. The molecule has 16 heavy (non-hydrogen) atoms. The Morgan fingerprint density at radius 2 is 1.81 bits per heavy atom. The molecule has 1 unspecified atom stereocenters. The quantitative estimate of drug-likeness (QED) is 0.691. The Balaban J connectivity index is 2.53. The number of amides is 2. The van der Waals surface area contributed by atoms with Crippen LogP contribution in [0.5, 0.6) is 0 Å². The van der Waals surface area contributed by atoms with Crippen LogP contribution in [0.4, 0.5) is 0 Å². The first-order chi connectivity index (χ1) is 7.56. The minimum absolute atomic E-state index is 0.0195. The Labute approximate surface area is 97.4 Å². The maximum absolute atomic E-state index is 11.5. The van der Waals surface area contributed by atoms with Crippen molar-refractivity contribution in [3.8, 4) is 0 Å². The van der Waals surface area contributed by atoms with E-state index >= 15 is 0 Å². The summed E-state index contributed by atoms with van der Waals surface area (Å²) in [4.78, 5) is 24.4. The van der Waals surface area contributed by atoms with E-state index in [1.807, 2.05) is 0 Å². The first-order valence-electron chi connectivity index (χ1n) is 6.12. The Morgan fingerprint density at radius 3 is 2.25 bits per heavy atom. The Morgan fingerprint density at radius 1 is 1.25 bits per heavy atom. The van der Waals surface area contributed by atoms with E-state index in [0.717, 1.165) is 13.0 Å². The van der Waals surface area contributed by atoms with Crippen molar-refractivity contribution >= 4 is 11.8 Å². The summed E-state index contributed by atoms with van der Waals surface area (Å²) < 4.78 is 0. The zero-order chi connectivity index (χ0) is 12.1. The molecule has 0 radical (unpaired) electrons. The highest BCUT2D eigenvalue weighted by Crippen LogP contribution is 2.14. The van der Waals surface area contributed by atoms with E-state index in [2.05, 4.69) is 26.1 Å². The van der Waals surface area contributed by atoms with Crippen molar-refractivity contribution < 1.29 is 9.59 Å². The van der Waals surface area contributed by atoms with Crippen LogP contribution in [0.2, 0.25) is 0 Å². The lowest BCUT2D eigenvalue weighted by Crippen LogP contribution is -2.46. The van der Waals surface area contributed by atoms with Gasteiger partial charge in [-0.2, -0.15) is 0 Å². The van der Waals surface area contributed by atoms with E-state index in [0.29, 0.717) is 25.3 Å². The molecule has 0 aromatic carbocycles. The predicted molar refractivity (Wildman–Crippen MR) is 62.9 cm³/mol. The Bertz CT molecular complexity index is 248. The van der Waals surface area contributed by atoms with Crippen LogP contribution in [0.3, 0.4) is 0 Å². The summed E-state index contributed by atoms with van der Waals surface area (Å²) in [5.74, 6) is 0.385. The number of rotatable bonds is 6. The second-order valence-corrected chi connectivity index (χ2v) is 4.70. The number of carbonyl (C=O) groups is 2. The molecule has 1 fully saturated rings. The minimum Gasteiger partial charge on any atom is -0.312 e. The molecule has 1 aliphatic rings. The molecule has 0 saturated carbocycles. The van der Waals surface area contributed by atoms with Gasteiger partial charge in [-0.25, -0.2) is 0 Å². The Hall–Kier alpha value is -0.900. The van der Waals surface area contributed by atoms with Gasteiger partial charge >= 0.3 is 0 Å². The van der Waals surface area contributed by atoms with Crippen molar-refractivity contribution in [1.82, 2.24) is 10.2 Å². The second-order valence-electron chi connectivity index (χ2n) is 4.70. The number of hydrogen-bond acceptors (Lipinski definition) is 3. The average Bonchev–Trinajstić information content (AvgIpc) is 2.54. The van der Waals surface area contributed by atoms with Crippen LogP contribution >= 0.6 is 0 Å². The molecule has 1 rings (SSSR count). The molecule has 0 aromatic heterocycles. The van der Waals surface area contributed by atoms with Gasteiger partial charge in [0.05, 0.1) is 0 Å². The highest BCUT2D eigenvalue weighted by atomic mass is 16.2. The van der Waals surface area contributed by atoms with Crippen LogP contribution < -0.4 is 5.32 Å². The molecular weight excluding hydrogens is 204 g/mol. The summed E-state index contributed by atoms with van der Waals surface area (Å²) in [6, 6.07) is 0.214. The van der Waals surface area contributed by atoms with E-state index < -0.39 is 0 Å². The van der Waals surface area contributed by atoms with Crippen LogP contribution in [0, 0.1) is 5.92 Å². The number of nitrogens with one attached hydrogen (secondary N) is 1. The monoisotopic (exact) mass is 226 g/mol. The predicted octanol–water partition coefficient (Wildman–Crippen LogP) is 1.16. The molecule has 1 N–H and O–H groups in total. The van der Waals surface area contributed by atoms with E-state index in [1.165, 1.54) is 4.90 Å². The molecule has 1 saturated heterocycles. The Kier molecular flexibility index (Phi) is 4.93. The van der Waals surface area contributed by atoms with Crippen LogP contribution in [0.1, 0.15) is 40.0 Å². The SMILES string of the molecule is CCCNC(CN1C(=O)CCC1=O)C(C)C. The van der Waals surface area contributed by atoms with Gasteiger partial charge in [-0.15, -0.1) is 0 Å². The fourth-order valence-corrected chi connectivity index (χ4v) is 1.86. The highest BCUT2D eigenvalue weighted by Gasteiger charge is 2.31. The molecule has 4 nitrogen and oxygen atoms in total. The molecule has 1 aliphatic heterocycles. The van der Waals surface area contributed by atoms with Crippen LogP contribution in [0.25, 0.3) is 0 Å². The number of hydrogen-bond donors (Lipinski definition) is 1. The first-order valence-corrected chi connectivity index (χ1v) is 6.12. The van der Waals surface area contributed by atoms with Gasteiger partial charge in [0, 0.05) is 25.4 Å². The second kappa shape index (κ2) is 5.99. The van der Waals surface area contributed by atoms with Crippen LogP contribution in [-0.4, -0.2) is 35.8 Å². The number of imide groups is 1. The molecular formula is C12H22N2O2. The average molecular weight is 226 g/mol.